The number of hydrogen-bond acceptors (Lipinski definition) is 6. The molecule has 0 aliphatic carbocycles. The molecule has 2 fully saturated rings. The van der Waals surface area contributed by atoms with Gasteiger partial charge in [-0.1, -0.05) is 55.1 Å². The van der Waals surface area contributed by atoms with Crippen LogP contribution in [0.25, 0.3) is 0 Å². The number of fused-ring (bicyclic) bond motifs is 1. The number of thioether (sulfide) groups is 1. The Morgan fingerprint density at radius 2 is 1.87 bits per heavy atom. The molecule has 0 radical (unpaired) electrons. The first kappa shape index (κ1) is 21.4. The van der Waals surface area contributed by atoms with Gasteiger partial charge in [-0.25, -0.2) is 0 Å². The third-order valence-electron chi connectivity index (χ3n) is 5.43. The summed E-state index contributed by atoms with van der Waals surface area (Å²) in [5, 5.41) is 0. The van der Waals surface area contributed by atoms with Crippen LogP contribution in [-0.4, -0.2) is 44.1 Å². The second-order valence-corrected chi connectivity index (χ2v) is 8.63. The Labute approximate surface area is 182 Å². The first-order valence-corrected chi connectivity index (χ1v) is 11.1. The van der Waals surface area contributed by atoms with E-state index in [0.29, 0.717) is 13.2 Å². The third kappa shape index (κ3) is 4.74. The summed E-state index contributed by atoms with van der Waals surface area (Å²) in [6, 6.07) is 18.0. The molecule has 2 heterocycles. The zero-order valence-electron chi connectivity index (χ0n) is 17.3. The van der Waals surface area contributed by atoms with Crippen molar-refractivity contribution in [1.29, 1.82) is 0 Å². The molecular formula is C24H28O5S. The second kappa shape index (κ2) is 9.98. The van der Waals surface area contributed by atoms with Crippen LogP contribution in [0.15, 0.2) is 72.1 Å². The summed E-state index contributed by atoms with van der Waals surface area (Å²) in [5.74, 6) is 0.957. The number of methoxy groups -OCH3 is 1. The normalized spacial score (nSPS) is 31.0. The van der Waals surface area contributed by atoms with E-state index < -0.39 is 6.29 Å². The van der Waals surface area contributed by atoms with Crippen molar-refractivity contribution in [3.63, 3.8) is 0 Å². The first-order valence-electron chi connectivity index (χ1n) is 10.2. The molecule has 6 heteroatoms. The maximum absolute atomic E-state index is 6.43. The van der Waals surface area contributed by atoms with Crippen molar-refractivity contribution in [2.75, 3.05) is 20.3 Å². The summed E-state index contributed by atoms with van der Waals surface area (Å²) in [4.78, 5) is 1.12. The smallest absolute Gasteiger partial charge is 0.184 e. The van der Waals surface area contributed by atoms with Gasteiger partial charge < -0.3 is 23.7 Å². The van der Waals surface area contributed by atoms with Crippen LogP contribution in [0.3, 0.4) is 0 Å². The van der Waals surface area contributed by atoms with E-state index in [4.69, 9.17) is 23.7 Å². The molecule has 30 heavy (non-hydrogen) atoms. The minimum Gasteiger partial charge on any atom is -0.497 e. The summed E-state index contributed by atoms with van der Waals surface area (Å²) in [5.41, 5.74) is 0.927. The highest BCUT2D eigenvalue weighted by molar-refractivity contribution is 7.99. The molecule has 3 unspecified atom stereocenters. The molecule has 6 atom stereocenters. The van der Waals surface area contributed by atoms with Crippen molar-refractivity contribution in [3.8, 4) is 5.75 Å². The summed E-state index contributed by atoms with van der Waals surface area (Å²) in [7, 11) is 1.67. The van der Waals surface area contributed by atoms with Crippen molar-refractivity contribution in [1.82, 2.24) is 0 Å². The number of hydrogen-bond donors (Lipinski definition) is 0. The van der Waals surface area contributed by atoms with Gasteiger partial charge in [-0.05, 0) is 24.3 Å². The number of ether oxygens (including phenoxy) is 5. The van der Waals surface area contributed by atoms with E-state index in [-0.39, 0.29) is 29.7 Å². The molecule has 2 aliphatic heterocycles. The van der Waals surface area contributed by atoms with Crippen molar-refractivity contribution >= 4 is 11.8 Å². The zero-order chi connectivity index (χ0) is 20.9. The Hall–Kier alpha value is -1.83. The second-order valence-electron chi connectivity index (χ2n) is 7.46. The van der Waals surface area contributed by atoms with Crippen LogP contribution in [0, 0.1) is 5.92 Å². The van der Waals surface area contributed by atoms with Gasteiger partial charge >= 0.3 is 0 Å². The molecule has 0 bridgehead atoms. The lowest BCUT2D eigenvalue weighted by Crippen LogP contribution is -2.58. The minimum atomic E-state index is -0.413. The van der Waals surface area contributed by atoms with E-state index >= 15 is 0 Å². The number of rotatable bonds is 7. The van der Waals surface area contributed by atoms with Crippen molar-refractivity contribution < 1.29 is 23.7 Å². The first-order chi connectivity index (χ1) is 14.7. The minimum absolute atomic E-state index is 0.0741. The Kier molecular flexibility index (Phi) is 7.12. The molecule has 0 N–H and O–H groups in total. The van der Waals surface area contributed by atoms with Gasteiger partial charge in [0.05, 0.1) is 26.4 Å². The fraction of sp³-hybridized carbons (Fsp3) is 0.417. The molecule has 0 amide bonds. The van der Waals surface area contributed by atoms with E-state index in [9.17, 15) is 0 Å². The lowest BCUT2D eigenvalue weighted by atomic mass is 9.92. The molecule has 5 nitrogen and oxygen atoms in total. The molecule has 2 aromatic carbocycles. The van der Waals surface area contributed by atoms with Crippen LogP contribution in [0.5, 0.6) is 5.75 Å². The largest absolute Gasteiger partial charge is 0.497 e. The average Bonchev–Trinajstić information content (AvgIpc) is 2.80. The van der Waals surface area contributed by atoms with Gasteiger partial charge in [-0.2, -0.15) is 0 Å². The Morgan fingerprint density at radius 1 is 1.10 bits per heavy atom. The molecule has 2 aliphatic rings. The Balaban J connectivity index is 1.50. The highest BCUT2D eigenvalue weighted by Crippen LogP contribution is 2.42. The van der Waals surface area contributed by atoms with Crippen LogP contribution in [-0.2, 0) is 18.9 Å². The maximum atomic E-state index is 6.43. The molecule has 2 saturated heterocycles. The van der Waals surface area contributed by atoms with E-state index in [1.165, 1.54) is 0 Å². The molecule has 160 valence electrons. The molecular weight excluding hydrogens is 400 g/mol. The monoisotopic (exact) mass is 428 g/mol. The molecule has 0 aromatic heterocycles. The van der Waals surface area contributed by atoms with Crippen molar-refractivity contribution in [2.24, 2.45) is 5.92 Å². The molecule has 4 rings (SSSR count). The lowest BCUT2D eigenvalue weighted by molar-refractivity contribution is -0.315. The summed E-state index contributed by atoms with van der Waals surface area (Å²) < 4.78 is 30.2. The lowest BCUT2D eigenvalue weighted by Gasteiger charge is -2.48. The van der Waals surface area contributed by atoms with Crippen LogP contribution >= 0.6 is 11.8 Å². The highest BCUT2D eigenvalue weighted by atomic mass is 32.2. The fourth-order valence-corrected chi connectivity index (χ4v) is 4.97. The van der Waals surface area contributed by atoms with Gasteiger partial charge in [-0.15, -0.1) is 6.58 Å². The van der Waals surface area contributed by atoms with Crippen molar-refractivity contribution in [2.45, 2.75) is 41.9 Å². The van der Waals surface area contributed by atoms with Gasteiger partial charge in [0, 0.05) is 16.4 Å². The van der Waals surface area contributed by atoms with Gasteiger partial charge in [0.2, 0.25) is 0 Å². The predicted molar refractivity (Wildman–Crippen MR) is 117 cm³/mol. The predicted octanol–water partition coefficient (Wildman–Crippen LogP) is 4.83. The maximum Gasteiger partial charge on any atom is 0.184 e. The third-order valence-corrected chi connectivity index (χ3v) is 6.75. The van der Waals surface area contributed by atoms with Crippen LogP contribution in [0.2, 0.25) is 0 Å². The van der Waals surface area contributed by atoms with E-state index in [1.807, 2.05) is 54.6 Å². The SMILES string of the molecule is C=CCO[C@@H]1C(C)[C@H](Sc2ccc(OC)cc2)OC2COC(c3ccccc3)O[C@@H]21. The Bertz CT molecular complexity index is 812. The van der Waals surface area contributed by atoms with Gasteiger partial charge in [0.25, 0.3) is 0 Å². The zero-order valence-corrected chi connectivity index (χ0v) is 18.1. The molecule has 2 aromatic rings. The number of benzene rings is 2. The van der Waals surface area contributed by atoms with Crippen LogP contribution < -0.4 is 4.74 Å². The van der Waals surface area contributed by atoms with Gasteiger partial charge in [-0.3, -0.25) is 0 Å². The van der Waals surface area contributed by atoms with Gasteiger partial charge in [0.15, 0.2) is 6.29 Å². The summed E-state index contributed by atoms with van der Waals surface area (Å²) >= 11 is 1.69. The Morgan fingerprint density at radius 3 is 2.57 bits per heavy atom. The van der Waals surface area contributed by atoms with Crippen LogP contribution in [0.4, 0.5) is 0 Å². The van der Waals surface area contributed by atoms with E-state index in [0.717, 1.165) is 16.2 Å². The fourth-order valence-electron chi connectivity index (χ4n) is 3.84. The molecule has 0 spiro atoms. The van der Waals surface area contributed by atoms with E-state index in [1.54, 1.807) is 24.9 Å². The van der Waals surface area contributed by atoms with Crippen LogP contribution in [0.1, 0.15) is 18.8 Å². The quantitative estimate of drug-likeness (QED) is 0.589. The standard InChI is InChI=1S/C24H28O5S/c1-4-14-26-21-16(2)24(30-19-12-10-18(25-3)11-13-19)28-20-15-27-23(29-22(20)21)17-8-6-5-7-9-17/h4-13,16,20-24H,1,14-15H2,2-3H3/t16?,20?,21-,22+,23?,24+/m1/s1. The summed E-state index contributed by atoms with van der Waals surface area (Å²) in [6.45, 7) is 6.89. The van der Waals surface area contributed by atoms with E-state index in [2.05, 4.69) is 13.5 Å². The van der Waals surface area contributed by atoms with Crippen molar-refractivity contribution in [3.05, 3.63) is 72.8 Å². The summed E-state index contributed by atoms with van der Waals surface area (Å²) in [6.07, 6.45) is 0.853. The average molecular weight is 429 g/mol. The highest BCUT2D eigenvalue weighted by Gasteiger charge is 2.49. The molecule has 0 saturated carbocycles. The topological polar surface area (TPSA) is 46.2 Å². The van der Waals surface area contributed by atoms with Gasteiger partial charge in [0.1, 0.15) is 23.4 Å².